The number of carbonyl (C=O) groups is 1. The molecule has 8 nitrogen and oxygen atoms in total. The molecule has 0 unspecified atom stereocenters. The number of aryl methyl sites for hydroxylation is 1. The van der Waals surface area contributed by atoms with Gasteiger partial charge in [-0.3, -0.25) is 4.79 Å². The molecule has 0 saturated carbocycles. The third-order valence-corrected chi connectivity index (χ3v) is 5.79. The molecular formula is C20H22N4O4S. The van der Waals surface area contributed by atoms with E-state index in [1.54, 1.807) is 24.5 Å². The van der Waals surface area contributed by atoms with Crippen LogP contribution in [0, 0.1) is 13.8 Å². The van der Waals surface area contributed by atoms with Crippen molar-refractivity contribution in [1.82, 2.24) is 14.7 Å². The maximum absolute atomic E-state index is 12.1. The molecule has 0 aliphatic carbocycles. The van der Waals surface area contributed by atoms with Gasteiger partial charge in [0.25, 0.3) is 5.91 Å². The molecule has 3 rings (SSSR count). The largest absolute Gasteiger partial charge is 0.467 e. The van der Waals surface area contributed by atoms with E-state index < -0.39 is 22.5 Å². The number of carbonyl (C=O) groups excluding carboxylic acids is 1. The van der Waals surface area contributed by atoms with Crippen molar-refractivity contribution in [3.05, 3.63) is 77.5 Å². The minimum atomic E-state index is -3.74. The molecular weight excluding hydrogens is 392 g/mol. The highest BCUT2D eigenvalue weighted by Crippen LogP contribution is 2.16. The predicted octanol–water partition coefficient (Wildman–Crippen LogP) is 2.17. The number of benzene rings is 1. The summed E-state index contributed by atoms with van der Waals surface area (Å²) in [4.78, 5) is 12.0. The first kappa shape index (κ1) is 20.6. The highest BCUT2D eigenvalue weighted by Gasteiger charge is 2.14. The Morgan fingerprint density at radius 2 is 1.93 bits per heavy atom. The number of aromatic nitrogens is 1. The van der Waals surface area contributed by atoms with Crippen LogP contribution in [0.25, 0.3) is 0 Å². The van der Waals surface area contributed by atoms with Gasteiger partial charge in [0.05, 0.1) is 30.5 Å². The fraction of sp³-hybridized carbons (Fsp3) is 0.200. The van der Waals surface area contributed by atoms with E-state index in [0.29, 0.717) is 6.54 Å². The molecule has 1 aromatic carbocycles. The zero-order valence-corrected chi connectivity index (χ0v) is 16.9. The van der Waals surface area contributed by atoms with Gasteiger partial charge in [-0.2, -0.15) is 5.10 Å². The van der Waals surface area contributed by atoms with Gasteiger partial charge in [-0.1, -0.05) is 18.2 Å². The highest BCUT2D eigenvalue weighted by molar-refractivity contribution is 7.89. The Bertz CT molecular complexity index is 1100. The molecule has 1 amide bonds. The fourth-order valence-corrected chi connectivity index (χ4v) is 3.82. The van der Waals surface area contributed by atoms with Crippen LogP contribution < -0.4 is 10.1 Å². The molecule has 0 saturated heterocycles. The van der Waals surface area contributed by atoms with Gasteiger partial charge in [-0.15, -0.1) is 0 Å². The van der Waals surface area contributed by atoms with Crippen molar-refractivity contribution in [3.63, 3.8) is 0 Å². The van der Waals surface area contributed by atoms with Gasteiger partial charge in [0.1, 0.15) is 5.76 Å². The first-order valence-corrected chi connectivity index (χ1v) is 10.4. The summed E-state index contributed by atoms with van der Waals surface area (Å²) in [6, 6.07) is 13.5. The third kappa shape index (κ3) is 5.21. The number of nitrogens with zero attached hydrogens (tertiary/aromatic N) is 2. The minimum Gasteiger partial charge on any atom is -0.467 e. The lowest BCUT2D eigenvalue weighted by atomic mass is 10.3. The standard InChI is InChI=1S/C20H22N4O4S/c1-15-11-17(16(2)24(15)14-18-7-6-10-28-18)12-21-23-20(25)13-22-29(26,27)19-8-4-3-5-9-19/h3-12,22H,13-14H2,1-2H3,(H,23,25)/b21-12-. The summed E-state index contributed by atoms with van der Waals surface area (Å²) in [6.07, 6.45) is 3.16. The number of rotatable bonds is 8. The van der Waals surface area contributed by atoms with Crippen LogP contribution in [0.2, 0.25) is 0 Å². The summed E-state index contributed by atoms with van der Waals surface area (Å²) < 4.78 is 33.9. The lowest BCUT2D eigenvalue weighted by Crippen LogP contribution is -2.34. The molecule has 0 aliphatic heterocycles. The Balaban J connectivity index is 1.56. The van der Waals surface area contributed by atoms with E-state index in [-0.39, 0.29) is 4.90 Å². The normalized spacial score (nSPS) is 11.8. The summed E-state index contributed by atoms with van der Waals surface area (Å²) in [5, 5.41) is 3.93. The second-order valence-corrected chi connectivity index (χ2v) is 8.19. The van der Waals surface area contributed by atoms with Crippen molar-refractivity contribution in [2.24, 2.45) is 5.10 Å². The fourth-order valence-electron chi connectivity index (χ4n) is 2.82. The average Bonchev–Trinajstić information content (AvgIpc) is 3.31. The summed E-state index contributed by atoms with van der Waals surface area (Å²) in [7, 11) is -3.74. The summed E-state index contributed by atoms with van der Waals surface area (Å²) >= 11 is 0. The van der Waals surface area contributed by atoms with Crippen LogP contribution in [-0.4, -0.2) is 31.7 Å². The number of amides is 1. The molecule has 29 heavy (non-hydrogen) atoms. The molecule has 0 spiro atoms. The van der Waals surface area contributed by atoms with Crippen LogP contribution in [-0.2, 0) is 21.4 Å². The quantitative estimate of drug-likeness (QED) is 0.435. The zero-order chi connectivity index (χ0) is 20.9. The minimum absolute atomic E-state index is 0.0975. The average molecular weight is 414 g/mol. The monoisotopic (exact) mass is 414 g/mol. The Morgan fingerprint density at radius 3 is 2.62 bits per heavy atom. The van der Waals surface area contributed by atoms with E-state index in [1.807, 2.05) is 32.0 Å². The van der Waals surface area contributed by atoms with E-state index in [4.69, 9.17) is 4.42 Å². The van der Waals surface area contributed by atoms with Crippen molar-refractivity contribution in [2.75, 3.05) is 6.54 Å². The van der Waals surface area contributed by atoms with Crippen molar-refractivity contribution < 1.29 is 17.6 Å². The molecule has 0 atom stereocenters. The number of hydrazone groups is 1. The Kier molecular flexibility index (Phi) is 6.30. The van der Waals surface area contributed by atoms with Gasteiger partial charge in [-0.25, -0.2) is 18.6 Å². The Labute approximate surface area is 169 Å². The van der Waals surface area contributed by atoms with Gasteiger partial charge in [0.15, 0.2) is 0 Å². The maximum Gasteiger partial charge on any atom is 0.255 e. The molecule has 2 heterocycles. The molecule has 9 heteroatoms. The third-order valence-electron chi connectivity index (χ3n) is 4.38. The predicted molar refractivity (Wildman–Crippen MR) is 109 cm³/mol. The molecule has 0 bridgehead atoms. The second-order valence-electron chi connectivity index (χ2n) is 6.42. The van der Waals surface area contributed by atoms with Gasteiger partial charge >= 0.3 is 0 Å². The number of nitrogens with one attached hydrogen (secondary N) is 2. The van der Waals surface area contributed by atoms with Crippen LogP contribution in [0.1, 0.15) is 22.7 Å². The van der Waals surface area contributed by atoms with Gasteiger partial charge in [-0.05, 0) is 44.2 Å². The molecule has 0 aliphatic rings. The summed E-state index contributed by atoms with van der Waals surface area (Å²) in [5.74, 6) is 0.277. The Morgan fingerprint density at radius 1 is 1.17 bits per heavy atom. The number of furan rings is 1. The topological polar surface area (TPSA) is 106 Å². The van der Waals surface area contributed by atoms with Crippen LogP contribution in [0.3, 0.4) is 0 Å². The van der Waals surface area contributed by atoms with E-state index >= 15 is 0 Å². The number of sulfonamides is 1. The molecule has 2 N–H and O–H groups in total. The zero-order valence-electron chi connectivity index (χ0n) is 16.1. The molecule has 152 valence electrons. The SMILES string of the molecule is Cc1cc(/C=N\NC(=O)CNS(=O)(=O)c2ccccc2)c(C)n1Cc1ccco1. The summed E-state index contributed by atoms with van der Waals surface area (Å²) in [6.45, 7) is 4.12. The van der Waals surface area contributed by atoms with E-state index in [1.165, 1.54) is 18.3 Å². The lowest BCUT2D eigenvalue weighted by Gasteiger charge is -2.07. The van der Waals surface area contributed by atoms with Crippen LogP contribution >= 0.6 is 0 Å². The maximum atomic E-state index is 12.1. The van der Waals surface area contributed by atoms with Crippen molar-refractivity contribution in [1.29, 1.82) is 0 Å². The highest BCUT2D eigenvalue weighted by atomic mass is 32.2. The van der Waals surface area contributed by atoms with E-state index in [0.717, 1.165) is 22.7 Å². The second kappa shape index (κ2) is 8.89. The van der Waals surface area contributed by atoms with Crippen LogP contribution in [0.15, 0.2) is 69.2 Å². The number of hydrogen-bond acceptors (Lipinski definition) is 5. The van der Waals surface area contributed by atoms with Crippen molar-refractivity contribution in [2.45, 2.75) is 25.3 Å². The van der Waals surface area contributed by atoms with Crippen LogP contribution in [0.4, 0.5) is 0 Å². The lowest BCUT2D eigenvalue weighted by molar-refractivity contribution is -0.119. The van der Waals surface area contributed by atoms with Gasteiger partial charge < -0.3 is 8.98 Å². The first-order chi connectivity index (χ1) is 13.9. The molecule has 0 fully saturated rings. The van der Waals surface area contributed by atoms with E-state index in [2.05, 4.69) is 19.8 Å². The smallest absolute Gasteiger partial charge is 0.255 e. The Hall–Kier alpha value is -3.17. The number of hydrogen-bond donors (Lipinski definition) is 2. The van der Waals surface area contributed by atoms with Crippen LogP contribution in [0.5, 0.6) is 0 Å². The van der Waals surface area contributed by atoms with Crippen molar-refractivity contribution >= 4 is 22.1 Å². The van der Waals surface area contributed by atoms with E-state index in [9.17, 15) is 13.2 Å². The first-order valence-electron chi connectivity index (χ1n) is 8.92. The van der Waals surface area contributed by atoms with Gasteiger partial charge in [0, 0.05) is 17.0 Å². The summed E-state index contributed by atoms with van der Waals surface area (Å²) in [5.41, 5.74) is 5.18. The molecule has 2 aromatic heterocycles. The van der Waals surface area contributed by atoms with Crippen molar-refractivity contribution in [3.8, 4) is 0 Å². The van der Waals surface area contributed by atoms with Gasteiger partial charge in [0.2, 0.25) is 10.0 Å². The molecule has 3 aromatic rings. The molecule has 0 radical (unpaired) electrons.